The predicted molar refractivity (Wildman–Crippen MR) is 67.6 cm³/mol. The van der Waals surface area contributed by atoms with Gasteiger partial charge in [0, 0.05) is 12.4 Å². The maximum Gasteiger partial charge on any atom is 0.0647 e. The topological polar surface area (TPSA) is 25.8 Å². The molecule has 84 valence electrons. The zero-order valence-corrected chi connectivity index (χ0v) is 10.2. The van der Waals surface area contributed by atoms with Gasteiger partial charge in [0.2, 0.25) is 0 Å². The fourth-order valence-corrected chi connectivity index (χ4v) is 1.27. The lowest BCUT2D eigenvalue weighted by Crippen LogP contribution is -1.79. The minimum atomic E-state index is 0.501. The lowest BCUT2D eigenvalue weighted by atomic mass is 10.4. The lowest BCUT2D eigenvalue weighted by Gasteiger charge is -1.87. The number of halogens is 2. The van der Waals surface area contributed by atoms with Gasteiger partial charge in [-0.2, -0.15) is 0 Å². The number of nitrogens with zero attached hydrogens (tertiary/aromatic N) is 2. The van der Waals surface area contributed by atoms with Crippen LogP contribution < -0.4 is 0 Å². The van der Waals surface area contributed by atoms with E-state index >= 15 is 0 Å². The SMILES string of the molecule is ClCc1ccccn1.ClCc1ccccn1. The molecule has 2 aromatic heterocycles. The zero-order chi connectivity index (χ0) is 11.6. The molecule has 0 aliphatic rings. The van der Waals surface area contributed by atoms with Gasteiger partial charge in [0.1, 0.15) is 0 Å². The Bertz CT molecular complexity index is 339. The van der Waals surface area contributed by atoms with E-state index < -0.39 is 0 Å². The molecule has 2 aromatic rings. The monoisotopic (exact) mass is 254 g/mol. The minimum Gasteiger partial charge on any atom is -0.260 e. The van der Waals surface area contributed by atoms with E-state index in [2.05, 4.69) is 9.97 Å². The molecule has 2 nitrogen and oxygen atoms in total. The van der Waals surface area contributed by atoms with E-state index in [4.69, 9.17) is 23.2 Å². The summed E-state index contributed by atoms with van der Waals surface area (Å²) >= 11 is 10.9. The maximum atomic E-state index is 5.46. The fraction of sp³-hybridized carbons (Fsp3) is 0.167. The van der Waals surface area contributed by atoms with Crippen LogP contribution in [0.5, 0.6) is 0 Å². The first-order valence-corrected chi connectivity index (χ1v) is 5.85. The van der Waals surface area contributed by atoms with Crippen molar-refractivity contribution in [2.45, 2.75) is 11.8 Å². The molecule has 0 spiro atoms. The van der Waals surface area contributed by atoms with Gasteiger partial charge in [0.25, 0.3) is 0 Å². The summed E-state index contributed by atoms with van der Waals surface area (Å²) in [5, 5.41) is 0. The molecule has 0 saturated carbocycles. The molecule has 0 unspecified atom stereocenters. The van der Waals surface area contributed by atoms with Crippen LogP contribution in [0.1, 0.15) is 11.4 Å². The van der Waals surface area contributed by atoms with Crippen molar-refractivity contribution >= 4 is 23.2 Å². The second-order valence-electron chi connectivity index (χ2n) is 2.91. The summed E-state index contributed by atoms with van der Waals surface area (Å²) in [7, 11) is 0. The Morgan fingerprint density at radius 2 is 1.19 bits per heavy atom. The zero-order valence-electron chi connectivity index (χ0n) is 8.68. The predicted octanol–water partition coefficient (Wildman–Crippen LogP) is 3.64. The van der Waals surface area contributed by atoms with E-state index in [0.717, 1.165) is 11.4 Å². The third-order valence-corrected chi connectivity index (χ3v) is 2.27. The summed E-state index contributed by atoms with van der Waals surface area (Å²) in [4.78, 5) is 7.93. The van der Waals surface area contributed by atoms with Gasteiger partial charge in [0.15, 0.2) is 0 Å². The average molecular weight is 255 g/mol. The van der Waals surface area contributed by atoms with Gasteiger partial charge in [0.05, 0.1) is 23.1 Å². The van der Waals surface area contributed by atoms with E-state index in [0.29, 0.717) is 11.8 Å². The molecule has 0 N–H and O–H groups in total. The summed E-state index contributed by atoms with van der Waals surface area (Å²) in [6.45, 7) is 0. The van der Waals surface area contributed by atoms with Crippen molar-refractivity contribution in [2.24, 2.45) is 0 Å². The van der Waals surface area contributed by atoms with Crippen LogP contribution in [0.2, 0.25) is 0 Å². The van der Waals surface area contributed by atoms with E-state index in [-0.39, 0.29) is 0 Å². The Morgan fingerprint density at radius 1 is 0.750 bits per heavy atom. The molecule has 16 heavy (non-hydrogen) atoms. The molecule has 0 radical (unpaired) electrons. The standard InChI is InChI=1S/2C6H6ClN/c2*7-5-6-3-1-2-4-8-6/h2*1-4H,5H2. The highest BCUT2D eigenvalue weighted by molar-refractivity contribution is 6.17. The summed E-state index contributed by atoms with van der Waals surface area (Å²) in [5.41, 5.74) is 1.85. The van der Waals surface area contributed by atoms with Crippen LogP contribution in [0, 0.1) is 0 Å². The Kier molecular flexibility index (Phi) is 6.54. The second-order valence-corrected chi connectivity index (χ2v) is 3.44. The van der Waals surface area contributed by atoms with Crippen LogP contribution in [-0.4, -0.2) is 9.97 Å². The summed E-state index contributed by atoms with van der Waals surface area (Å²) < 4.78 is 0. The average Bonchev–Trinajstić information content (AvgIpc) is 2.41. The molecule has 0 bridgehead atoms. The third-order valence-electron chi connectivity index (χ3n) is 1.73. The Balaban J connectivity index is 0.000000160. The van der Waals surface area contributed by atoms with Crippen molar-refractivity contribution < 1.29 is 0 Å². The van der Waals surface area contributed by atoms with E-state index in [1.165, 1.54) is 0 Å². The molecule has 2 rings (SSSR count). The number of hydrogen-bond donors (Lipinski definition) is 0. The molecular formula is C12H12Cl2N2. The lowest BCUT2D eigenvalue weighted by molar-refractivity contribution is 1.17. The number of hydrogen-bond acceptors (Lipinski definition) is 2. The Labute approximate surface area is 105 Å². The molecule has 0 aromatic carbocycles. The highest BCUT2D eigenvalue weighted by atomic mass is 35.5. The molecular weight excluding hydrogens is 243 g/mol. The summed E-state index contributed by atoms with van der Waals surface area (Å²) in [5.74, 6) is 1.00. The highest BCUT2D eigenvalue weighted by Gasteiger charge is 1.84. The molecule has 2 heterocycles. The van der Waals surface area contributed by atoms with Crippen molar-refractivity contribution in [2.75, 3.05) is 0 Å². The fourth-order valence-electron chi connectivity index (χ4n) is 0.954. The highest BCUT2D eigenvalue weighted by Crippen LogP contribution is 1.96. The van der Waals surface area contributed by atoms with Crippen LogP contribution in [0.4, 0.5) is 0 Å². The van der Waals surface area contributed by atoms with Gasteiger partial charge in [-0.25, -0.2) is 0 Å². The Hall–Kier alpha value is -1.12. The van der Waals surface area contributed by atoms with Crippen LogP contribution >= 0.6 is 23.2 Å². The quantitative estimate of drug-likeness (QED) is 0.765. The number of aromatic nitrogens is 2. The summed E-state index contributed by atoms with van der Waals surface area (Å²) in [6.07, 6.45) is 3.47. The summed E-state index contributed by atoms with van der Waals surface area (Å²) in [6, 6.07) is 11.4. The normalized spacial score (nSPS) is 9.12. The van der Waals surface area contributed by atoms with Gasteiger partial charge < -0.3 is 0 Å². The van der Waals surface area contributed by atoms with E-state index in [1.807, 2.05) is 36.4 Å². The largest absolute Gasteiger partial charge is 0.260 e. The van der Waals surface area contributed by atoms with Gasteiger partial charge in [-0.05, 0) is 24.3 Å². The van der Waals surface area contributed by atoms with Crippen molar-refractivity contribution in [1.82, 2.24) is 9.97 Å². The molecule has 0 aliphatic heterocycles. The van der Waals surface area contributed by atoms with Crippen LogP contribution in [0.25, 0.3) is 0 Å². The first kappa shape index (κ1) is 12.9. The third kappa shape index (κ3) is 5.10. The second kappa shape index (κ2) is 8.08. The van der Waals surface area contributed by atoms with Crippen molar-refractivity contribution in [3.05, 3.63) is 60.2 Å². The van der Waals surface area contributed by atoms with Gasteiger partial charge in [-0.3, -0.25) is 9.97 Å². The van der Waals surface area contributed by atoms with E-state index in [9.17, 15) is 0 Å². The number of pyridine rings is 2. The molecule has 0 fully saturated rings. The van der Waals surface area contributed by atoms with Crippen molar-refractivity contribution in [3.8, 4) is 0 Å². The molecule has 0 atom stereocenters. The number of alkyl halides is 2. The van der Waals surface area contributed by atoms with Crippen molar-refractivity contribution in [3.63, 3.8) is 0 Å². The van der Waals surface area contributed by atoms with Gasteiger partial charge in [-0.15, -0.1) is 23.2 Å². The minimum absolute atomic E-state index is 0.501. The van der Waals surface area contributed by atoms with Gasteiger partial charge >= 0.3 is 0 Å². The first-order valence-electron chi connectivity index (χ1n) is 4.78. The Morgan fingerprint density at radius 3 is 1.38 bits per heavy atom. The van der Waals surface area contributed by atoms with Crippen LogP contribution in [0.15, 0.2) is 48.8 Å². The smallest absolute Gasteiger partial charge is 0.0647 e. The molecule has 0 saturated heterocycles. The van der Waals surface area contributed by atoms with Crippen LogP contribution in [-0.2, 0) is 11.8 Å². The van der Waals surface area contributed by atoms with Crippen molar-refractivity contribution in [1.29, 1.82) is 0 Å². The maximum absolute atomic E-state index is 5.46. The number of rotatable bonds is 2. The van der Waals surface area contributed by atoms with Crippen LogP contribution in [0.3, 0.4) is 0 Å². The first-order chi connectivity index (χ1) is 7.86. The van der Waals surface area contributed by atoms with E-state index in [1.54, 1.807) is 12.4 Å². The van der Waals surface area contributed by atoms with Gasteiger partial charge in [-0.1, -0.05) is 12.1 Å². The molecule has 0 aliphatic carbocycles. The molecule has 0 amide bonds. The molecule has 4 heteroatoms.